The first-order chi connectivity index (χ1) is 12.6. The van der Waals surface area contributed by atoms with Gasteiger partial charge in [-0.3, -0.25) is 4.79 Å². The molecule has 2 rings (SSSR count). The molecule has 0 fully saturated rings. The molecule has 0 unspecified atom stereocenters. The number of hydrogen-bond donors (Lipinski definition) is 1. The Kier molecular flexibility index (Phi) is 7.81. The molecule has 2 aromatic rings. The van der Waals surface area contributed by atoms with Gasteiger partial charge in [-0.05, 0) is 47.3 Å². The molecule has 0 aliphatic carbocycles. The summed E-state index contributed by atoms with van der Waals surface area (Å²) in [5.74, 6) is -0.00411. The van der Waals surface area contributed by atoms with E-state index in [0.717, 1.165) is 22.4 Å². The van der Waals surface area contributed by atoms with Gasteiger partial charge in [-0.15, -0.1) is 0 Å². The Labute approximate surface area is 163 Å². The molecule has 0 bridgehead atoms. The van der Waals surface area contributed by atoms with E-state index in [2.05, 4.69) is 5.32 Å². The lowest BCUT2D eigenvalue weighted by Crippen LogP contribution is -2.42. The van der Waals surface area contributed by atoms with E-state index in [-0.39, 0.29) is 5.91 Å². The van der Waals surface area contributed by atoms with Crippen LogP contribution in [0.1, 0.15) is 22.3 Å². The molecule has 1 amide bonds. The Balaban J connectivity index is 2.35. The van der Waals surface area contributed by atoms with Crippen molar-refractivity contribution in [2.45, 2.75) is 12.5 Å². The summed E-state index contributed by atoms with van der Waals surface area (Å²) in [7, 11) is 1.32. The minimum absolute atomic E-state index is 0.309. The molecule has 0 heterocycles. The van der Waals surface area contributed by atoms with Crippen LogP contribution in [0.3, 0.4) is 0 Å². The van der Waals surface area contributed by atoms with Crippen LogP contribution in [-0.2, 0) is 9.53 Å². The van der Waals surface area contributed by atoms with Crippen molar-refractivity contribution in [1.82, 2.24) is 5.32 Å². The van der Waals surface area contributed by atoms with Gasteiger partial charge in [0.2, 0.25) is 0 Å². The highest BCUT2D eigenvalue weighted by Crippen LogP contribution is 2.25. The number of amides is 1. The molecule has 4 nitrogen and oxygen atoms in total. The molecule has 0 aliphatic rings. The highest BCUT2D eigenvalue weighted by Gasteiger charge is 2.23. The Morgan fingerprint density at radius 2 is 1.96 bits per heavy atom. The summed E-state index contributed by atoms with van der Waals surface area (Å²) in [6, 6.07) is 14.4. The summed E-state index contributed by atoms with van der Waals surface area (Å²) in [5.41, 5.74) is 3.03. The summed E-state index contributed by atoms with van der Waals surface area (Å²) in [6.45, 7) is 0. The van der Waals surface area contributed by atoms with Crippen molar-refractivity contribution in [3.8, 4) is 11.1 Å². The van der Waals surface area contributed by atoms with Gasteiger partial charge in [-0.2, -0.15) is 11.8 Å². The molecule has 0 saturated carbocycles. The van der Waals surface area contributed by atoms with Crippen molar-refractivity contribution >= 4 is 41.2 Å². The molecule has 0 aliphatic heterocycles. The van der Waals surface area contributed by atoms with Crippen LogP contribution in [0.15, 0.2) is 48.5 Å². The van der Waals surface area contributed by atoms with Crippen LogP contribution in [0.25, 0.3) is 11.1 Å². The fourth-order valence-electron chi connectivity index (χ4n) is 2.55. The van der Waals surface area contributed by atoms with Crippen molar-refractivity contribution in [3.63, 3.8) is 0 Å². The second-order valence-corrected chi connectivity index (χ2v) is 6.84. The van der Waals surface area contributed by atoms with Gasteiger partial charge in [-0.25, -0.2) is 4.79 Å². The Bertz CT molecular complexity index is 778. The fourth-order valence-corrected chi connectivity index (χ4v) is 3.17. The van der Waals surface area contributed by atoms with Gasteiger partial charge in [0.15, 0.2) is 0 Å². The number of nitrogens with one attached hydrogen (secondary N) is 1. The maximum atomic E-state index is 12.9. The van der Waals surface area contributed by atoms with Crippen LogP contribution in [0.2, 0.25) is 0 Å². The summed E-state index contributed by atoms with van der Waals surface area (Å²) < 4.78 is 4.82. The van der Waals surface area contributed by atoms with Crippen LogP contribution < -0.4 is 5.32 Å². The number of rotatable bonds is 8. The van der Waals surface area contributed by atoms with E-state index in [9.17, 15) is 9.59 Å². The predicted molar refractivity (Wildman–Crippen MR) is 111 cm³/mol. The molecule has 26 heavy (non-hydrogen) atoms. The van der Waals surface area contributed by atoms with Gasteiger partial charge >= 0.3 is 5.97 Å². The zero-order valence-corrected chi connectivity index (χ0v) is 16.4. The van der Waals surface area contributed by atoms with Crippen molar-refractivity contribution in [2.75, 3.05) is 19.1 Å². The molecular weight excluding hydrogens is 366 g/mol. The third kappa shape index (κ3) is 5.16. The summed E-state index contributed by atoms with van der Waals surface area (Å²) in [6.07, 6.45) is 2.46. The second-order valence-electron chi connectivity index (χ2n) is 5.62. The van der Waals surface area contributed by atoms with Crippen LogP contribution in [0.5, 0.6) is 0 Å². The van der Waals surface area contributed by atoms with Gasteiger partial charge in [-0.1, -0.05) is 48.6 Å². The van der Waals surface area contributed by atoms with Crippen LogP contribution >= 0.6 is 24.0 Å². The number of thioether (sulfide) groups is 1. The first kappa shape index (κ1) is 20.1. The minimum Gasteiger partial charge on any atom is -0.467 e. The molecule has 0 aromatic heterocycles. The van der Waals surface area contributed by atoms with Gasteiger partial charge < -0.3 is 10.1 Å². The molecule has 0 spiro atoms. The van der Waals surface area contributed by atoms with E-state index in [1.807, 2.05) is 42.7 Å². The molecule has 2 aromatic carbocycles. The quantitative estimate of drug-likeness (QED) is 0.553. The molecule has 1 atom stereocenters. The normalized spacial score (nSPS) is 11.5. The third-order valence-electron chi connectivity index (χ3n) is 3.91. The van der Waals surface area contributed by atoms with Gasteiger partial charge in [0.25, 0.3) is 5.91 Å². The number of methoxy groups -OCH3 is 1. The Hall–Kier alpha value is -2.18. The number of esters is 1. The zero-order valence-electron chi connectivity index (χ0n) is 14.7. The van der Waals surface area contributed by atoms with Crippen LogP contribution in [-0.4, -0.2) is 42.4 Å². The average molecular weight is 388 g/mol. The molecule has 0 saturated heterocycles. The van der Waals surface area contributed by atoms with Crippen molar-refractivity contribution in [2.24, 2.45) is 0 Å². The molecular formula is C20H21NO3S2. The molecule has 0 radical (unpaired) electrons. The molecule has 136 valence electrons. The SMILES string of the molecule is COC(=O)[C@H](CCSC)NC(=O)c1ccc(C=S)cc1-c1ccccc1. The van der Waals surface area contributed by atoms with E-state index in [4.69, 9.17) is 17.0 Å². The number of thiocarbonyl (C=S) groups is 1. The van der Waals surface area contributed by atoms with Gasteiger partial charge in [0.05, 0.1) is 7.11 Å². The number of carbonyl (C=O) groups is 2. The third-order valence-corrected chi connectivity index (χ3v) is 4.83. The standard InChI is InChI=1S/C20H21NO3S2/c1-24-20(23)18(10-11-26-2)21-19(22)16-9-8-14(13-25)12-17(16)15-6-4-3-5-7-15/h3-9,12-13,18H,10-11H2,1-2H3,(H,21,22)/t18-/m0/s1. The minimum atomic E-state index is -0.672. The van der Waals surface area contributed by atoms with E-state index in [0.29, 0.717) is 12.0 Å². The lowest BCUT2D eigenvalue weighted by Gasteiger charge is -2.18. The van der Waals surface area contributed by atoms with Crippen molar-refractivity contribution < 1.29 is 14.3 Å². The number of ether oxygens (including phenoxy) is 1. The second kappa shape index (κ2) is 10.1. The first-order valence-electron chi connectivity index (χ1n) is 8.13. The van der Waals surface area contributed by atoms with Crippen molar-refractivity contribution in [3.05, 3.63) is 59.7 Å². The topological polar surface area (TPSA) is 55.4 Å². The lowest BCUT2D eigenvalue weighted by atomic mass is 9.97. The van der Waals surface area contributed by atoms with E-state index < -0.39 is 12.0 Å². The largest absolute Gasteiger partial charge is 0.467 e. The lowest BCUT2D eigenvalue weighted by molar-refractivity contribution is -0.142. The highest BCUT2D eigenvalue weighted by atomic mass is 32.2. The van der Waals surface area contributed by atoms with E-state index in [1.54, 1.807) is 29.3 Å². The summed E-state index contributed by atoms with van der Waals surface area (Å²) >= 11 is 6.63. The molecule has 1 N–H and O–H groups in total. The first-order valence-corrected chi connectivity index (χ1v) is 9.99. The highest BCUT2D eigenvalue weighted by molar-refractivity contribution is 7.98. The maximum absolute atomic E-state index is 12.9. The number of hydrogen-bond acceptors (Lipinski definition) is 5. The molecule has 6 heteroatoms. The van der Waals surface area contributed by atoms with Crippen LogP contribution in [0, 0.1) is 0 Å². The summed E-state index contributed by atoms with van der Waals surface area (Å²) in [5, 5.41) is 4.38. The average Bonchev–Trinajstić information content (AvgIpc) is 2.70. The summed E-state index contributed by atoms with van der Waals surface area (Å²) in [4.78, 5) is 24.8. The monoisotopic (exact) mass is 387 g/mol. The smallest absolute Gasteiger partial charge is 0.328 e. The van der Waals surface area contributed by atoms with Gasteiger partial charge in [0, 0.05) is 10.9 Å². The van der Waals surface area contributed by atoms with Crippen LogP contribution in [0.4, 0.5) is 0 Å². The zero-order chi connectivity index (χ0) is 18.9. The van der Waals surface area contributed by atoms with Crippen molar-refractivity contribution in [1.29, 1.82) is 0 Å². The van der Waals surface area contributed by atoms with E-state index >= 15 is 0 Å². The van der Waals surface area contributed by atoms with Gasteiger partial charge in [0.1, 0.15) is 6.04 Å². The Morgan fingerprint density at radius 3 is 2.58 bits per heavy atom. The number of carbonyl (C=O) groups excluding carboxylic acids is 2. The predicted octanol–water partition coefficient (Wildman–Crippen LogP) is 3.73. The maximum Gasteiger partial charge on any atom is 0.328 e. The fraction of sp³-hybridized carbons (Fsp3) is 0.250. The Morgan fingerprint density at radius 1 is 1.23 bits per heavy atom. The van der Waals surface area contributed by atoms with E-state index in [1.165, 1.54) is 7.11 Å². The number of benzene rings is 2.